The van der Waals surface area contributed by atoms with Crippen molar-refractivity contribution in [3.63, 3.8) is 0 Å². The van der Waals surface area contributed by atoms with Crippen LogP contribution in [0.5, 0.6) is 0 Å². The van der Waals surface area contributed by atoms with Crippen LogP contribution in [0.25, 0.3) is 0 Å². The van der Waals surface area contributed by atoms with Crippen LogP contribution in [0.2, 0.25) is 0 Å². The zero-order valence-electron chi connectivity index (χ0n) is 17.6. The first-order chi connectivity index (χ1) is 15.6. The summed E-state index contributed by atoms with van der Waals surface area (Å²) >= 11 is 0. The van der Waals surface area contributed by atoms with Crippen molar-refractivity contribution in [3.8, 4) is 0 Å². The number of hydrogen-bond acceptors (Lipinski definition) is 4. The molecule has 3 amide bonds. The lowest BCUT2D eigenvalue weighted by Gasteiger charge is -2.33. The second-order valence-corrected chi connectivity index (χ2v) is 7.64. The van der Waals surface area contributed by atoms with Crippen molar-refractivity contribution in [1.29, 1.82) is 0 Å². The van der Waals surface area contributed by atoms with Gasteiger partial charge in [-0.15, -0.1) is 0 Å². The summed E-state index contributed by atoms with van der Waals surface area (Å²) in [5, 5.41) is 2.89. The normalized spacial score (nSPS) is 13.9. The number of hydrogen-bond donors (Lipinski definition) is 1. The number of nitrogens with one attached hydrogen (secondary N) is 1. The van der Waals surface area contributed by atoms with E-state index in [1.165, 1.54) is 4.90 Å². The second kappa shape index (κ2) is 9.87. The quantitative estimate of drug-likeness (QED) is 0.586. The van der Waals surface area contributed by atoms with Gasteiger partial charge in [-0.3, -0.25) is 19.4 Å². The molecule has 0 saturated carbocycles. The third-order valence-electron chi connectivity index (χ3n) is 5.36. The molecule has 32 heavy (non-hydrogen) atoms. The Morgan fingerprint density at radius 1 is 0.781 bits per heavy atom. The van der Waals surface area contributed by atoms with Crippen LogP contribution in [0.15, 0.2) is 79.0 Å². The van der Waals surface area contributed by atoms with Crippen molar-refractivity contribution < 1.29 is 14.4 Å². The van der Waals surface area contributed by atoms with E-state index in [1.807, 2.05) is 60.7 Å². The summed E-state index contributed by atoms with van der Waals surface area (Å²) < 4.78 is 0. The Morgan fingerprint density at radius 2 is 1.44 bits per heavy atom. The van der Waals surface area contributed by atoms with Crippen LogP contribution in [0.4, 0.5) is 0 Å². The third kappa shape index (κ3) is 5.18. The molecule has 1 aliphatic heterocycles. The number of carbonyl (C=O) groups is 3. The Bertz CT molecular complexity index is 1090. The van der Waals surface area contributed by atoms with E-state index in [-0.39, 0.29) is 5.91 Å². The zero-order valence-corrected chi connectivity index (χ0v) is 17.6. The van der Waals surface area contributed by atoms with Gasteiger partial charge in [0.15, 0.2) is 0 Å². The summed E-state index contributed by atoms with van der Waals surface area (Å²) in [6, 6.07) is 22.3. The number of piperazine rings is 1. The third-order valence-corrected chi connectivity index (χ3v) is 5.36. The minimum Gasteiger partial charge on any atom is -0.348 e. The van der Waals surface area contributed by atoms with Crippen molar-refractivity contribution >= 4 is 17.7 Å². The molecule has 0 aliphatic carbocycles. The van der Waals surface area contributed by atoms with Crippen molar-refractivity contribution in [2.75, 3.05) is 13.1 Å². The number of amides is 3. The average molecular weight is 428 g/mol. The van der Waals surface area contributed by atoms with Crippen LogP contribution >= 0.6 is 0 Å². The van der Waals surface area contributed by atoms with Crippen molar-refractivity contribution in [2.24, 2.45) is 0 Å². The molecule has 0 atom stereocenters. The monoisotopic (exact) mass is 428 g/mol. The number of aromatic nitrogens is 1. The predicted octanol–water partition coefficient (Wildman–Crippen LogP) is 2.38. The molecular formula is C25H24N4O3. The molecule has 1 aliphatic rings. The minimum atomic E-state index is -0.517. The number of nitrogens with zero attached hydrogens (tertiary/aromatic N) is 3. The molecule has 2 heterocycles. The number of pyridine rings is 1. The van der Waals surface area contributed by atoms with E-state index >= 15 is 0 Å². The molecule has 7 nitrogen and oxygen atoms in total. The van der Waals surface area contributed by atoms with Crippen LogP contribution in [0.1, 0.15) is 27.2 Å². The molecule has 2 aromatic carbocycles. The number of benzene rings is 2. The fourth-order valence-electron chi connectivity index (χ4n) is 3.57. The van der Waals surface area contributed by atoms with Gasteiger partial charge in [0.25, 0.3) is 5.91 Å². The molecule has 4 rings (SSSR count). The molecule has 0 radical (unpaired) electrons. The summed E-state index contributed by atoms with van der Waals surface area (Å²) in [4.78, 5) is 44.8. The molecule has 1 fully saturated rings. The second-order valence-electron chi connectivity index (χ2n) is 7.64. The molecular weight excluding hydrogens is 404 g/mol. The average Bonchev–Trinajstić information content (AvgIpc) is 2.84. The Kier molecular flexibility index (Phi) is 6.55. The first-order valence-electron chi connectivity index (χ1n) is 10.5. The van der Waals surface area contributed by atoms with E-state index in [9.17, 15) is 14.4 Å². The summed E-state index contributed by atoms with van der Waals surface area (Å²) in [6.45, 7) is 2.03. The number of rotatable bonds is 7. The fraction of sp³-hybridized carbons (Fsp3) is 0.200. The molecule has 0 unspecified atom stereocenters. The summed E-state index contributed by atoms with van der Waals surface area (Å²) in [7, 11) is 0. The first-order valence-corrected chi connectivity index (χ1v) is 10.5. The highest BCUT2D eigenvalue weighted by Gasteiger charge is 2.32. The van der Waals surface area contributed by atoms with Crippen molar-refractivity contribution in [3.05, 3.63) is 101 Å². The van der Waals surface area contributed by atoms with E-state index < -0.39 is 11.8 Å². The Labute approximate surface area is 186 Å². The van der Waals surface area contributed by atoms with E-state index in [0.29, 0.717) is 38.3 Å². The van der Waals surface area contributed by atoms with Crippen LogP contribution in [-0.4, -0.2) is 45.6 Å². The van der Waals surface area contributed by atoms with Gasteiger partial charge in [0, 0.05) is 37.9 Å². The highest BCUT2D eigenvalue weighted by Crippen LogP contribution is 2.14. The van der Waals surface area contributed by atoms with Gasteiger partial charge in [-0.1, -0.05) is 48.5 Å². The van der Waals surface area contributed by atoms with Gasteiger partial charge in [0.1, 0.15) is 0 Å². The van der Waals surface area contributed by atoms with Gasteiger partial charge in [0.05, 0.1) is 12.2 Å². The largest absolute Gasteiger partial charge is 0.348 e. The van der Waals surface area contributed by atoms with Gasteiger partial charge >= 0.3 is 11.8 Å². The molecule has 7 heteroatoms. The first kappa shape index (κ1) is 21.2. The van der Waals surface area contributed by atoms with Gasteiger partial charge in [-0.05, 0) is 35.4 Å². The zero-order chi connectivity index (χ0) is 22.3. The van der Waals surface area contributed by atoms with Crippen LogP contribution in [0, 0.1) is 0 Å². The van der Waals surface area contributed by atoms with Gasteiger partial charge in [-0.25, -0.2) is 0 Å². The SMILES string of the molecule is O=C(NCc1ccccc1)c1ccc(CN2CCN(Cc3ccccn3)C(=O)C2=O)cc1. The van der Waals surface area contributed by atoms with Gasteiger partial charge in [0.2, 0.25) is 0 Å². The Morgan fingerprint density at radius 3 is 2.09 bits per heavy atom. The Hall–Kier alpha value is -4.00. The molecule has 162 valence electrons. The lowest BCUT2D eigenvalue weighted by molar-refractivity contribution is -0.156. The number of carbonyl (C=O) groups excluding carboxylic acids is 3. The molecule has 3 aromatic rings. The molecule has 1 N–H and O–H groups in total. The maximum absolute atomic E-state index is 12.6. The molecule has 1 saturated heterocycles. The summed E-state index contributed by atoms with van der Waals surface area (Å²) in [5.41, 5.74) is 3.20. The predicted molar refractivity (Wildman–Crippen MR) is 119 cm³/mol. The van der Waals surface area contributed by atoms with Gasteiger partial charge in [-0.2, -0.15) is 0 Å². The topological polar surface area (TPSA) is 82.6 Å². The van der Waals surface area contributed by atoms with E-state index in [1.54, 1.807) is 23.2 Å². The maximum atomic E-state index is 12.6. The minimum absolute atomic E-state index is 0.158. The van der Waals surface area contributed by atoms with Crippen molar-refractivity contribution in [1.82, 2.24) is 20.1 Å². The highest BCUT2D eigenvalue weighted by atomic mass is 16.2. The van der Waals surface area contributed by atoms with Crippen molar-refractivity contribution in [2.45, 2.75) is 19.6 Å². The highest BCUT2D eigenvalue weighted by molar-refractivity contribution is 6.35. The Balaban J connectivity index is 1.31. The maximum Gasteiger partial charge on any atom is 0.312 e. The molecule has 1 aromatic heterocycles. The van der Waals surface area contributed by atoms with E-state index in [0.717, 1.165) is 16.8 Å². The molecule has 0 spiro atoms. The lowest BCUT2D eigenvalue weighted by atomic mass is 10.1. The van der Waals surface area contributed by atoms with E-state index in [4.69, 9.17) is 0 Å². The standard InChI is InChI=1S/C25H24N4O3/c30-23(27-16-19-6-2-1-3-7-19)21-11-9-20(10-12-21)17-28-14-15-29(25(32)24(28)31)18-22-8-4-5-13-26-22/h1-13H,14-18H2,(H,27,30). The smallest absolute Gasteiger partial charge is 0.312 e. The fourth-order valence-corrected chi connectivity index (χ4v) is 3.57. The summed E-state index contributed by atoms with van der Waals surface area (Å²) in [6.07, 6.45) is 1.67. The van der Waals surface area contributed by atoms with Gasteiger partial charge < -0.3 is 15.1 Å². The van der Waals surface area contributed by atoms with Crippen LogP contribution in [-0.2, 0) is 29.2 Å². The lowest BCUT2D eigenvalue weighted by Crippen LogP contribution is -2.53. The molecule has 0 bridgehead atoms. The summed E-state index contributed by atoms with van der Waals surface area (Å²) in [5.74, 6) is -1.19. The van der Waals surface area contributed by atoms with E-state index in [2.05, 4.69) is 10.3 Å². The van der Waals surface area contributed by atoms with Crippen LogP contribution in [0.3, 0.4) is 0 Å². The van der Waals surface area contributed by atoms with Crippen LogP contribution < -0.4 is 5.32 Å².